The van der Waals surface area contributed by atoms with E-state index in [1.165, 1.54) is 0 Å². The lowest BCUT2D eigenvalue weighted by molar-refractivity contribution is -0.123. The smallest absolute Gasteiger partial charge is 0.257 e. The Morgan fingerprint density at radius 3 is 2.74 bits per heavy atom. The Labute approximate surface area is 113 Å². The SMILES string of the molecule is O=C(COc1ccccc1)NCC1CCCCC1O. The van der Waals surface area contributed by atoms with Crippen molar-refractivity contribution >= 4 is 5.91 Å². The van der Waals surface area contributed by atoms with Crippen LogP contribution < -0.4 is 10.1 Å². The topological polar surface area (TPSA) is 58.6 Å². The number of hydrogen-bond acceptors (Lipinski definition) is 3. The minimum Gasteiger partial charge on any atom is -0.484 e. The summed E-state index contributed by atoms with van der Waals surface area (Å²) in [6, 6.07) is 9.27. The van der Waals surface area contributed by atoms with Gasteiger partial charge in [-0.2, -0.15) is 0 Å². The van der Waals surface area contributed by atoms with Crippen LogP contribution in [0.5, 0.6) is 5.75 Å². The Morgan fingerprint density at radius 1 is 1.26 bits per heavy atom. The number of ether oxygens (including phenoxy) is 1. The number of nitrogens with one attached hydrogen (secondary N) is 1. The summed E-state index contributed by atoms with van der Waals surface area (Å²) in [6.07, 6.45) is 3.78. The zero-order valence-electron chi connectivity index (χ0n) is 11.0. The fraction of sp³-hybridized carbons (Fsp3) is 0.533. The Kier molecular flexibility index (Phi) is 5.21. The van der Waals surface area contributed by atoms with Gasteiger partial charge in [-0.05, 0) is 25.0 Å². The monoisotopic (exact) mass is 263 g/mol. The summed E-state index contributed by atoms with van der Waals surface area (Å²) in [5, 5.41) is 12.6. The van der Waals surface area contributed by atoms with E-state index in [2.05, 4.69) is 5.32 Å². The van der Waals surface area contributed by atoms with Gasteiger partial charge in [0, 0.05) is 12.5 Å². The van der Waals surface area contributed by atoms with Crippen LogP contribution in [0.3, 0.4) is 0 Å². The largest absolute Gasteiger partial charge is 0.484 e. The Balaban J connectivity index is 1.67. The second kappa shape index (κ2) is 7.14. The van der Waals surface area contributed by atoms with E-state index in [1.54, 1.807) is 0 Å². The van der Waals surface area contributed by atoms with Gasteiger partial charge in [-0.3, -0.25) is 4.79 Å². The number of rotatable bonds is 5. The summed E-state index contributed by atoms with van der Waals surface area (Å²) in [5.74, 6) is 0.742. The average Bonchev–Trinajstić information content (AvgIpc) is 2.45. The number of carbonyl (C=O) groups is 1. The van der Waals surface area contributed by atoms with Crippen LogP contribution >= 0.6 is 0 Å². The molecule has 0 aromatic heterocycles. The summed E-state index contributed by atoms with van der Waals surface area (Å²) in [7, 11) is 0. The van der Waals surface area contributed by atoms with Crippen LogP contribution in [0, 0.1) is 5.92 Å². The third kappa shape index (κ3) is 4.56. The molecule has 1 saturated carbocycles. The van der Waals surface area contributed by atoms with Gasteiger partial charge < -0.3 is 15.2 Å². The van der Waals surface area contributed by atoms with Crippen molar-refractivity contribution in [3.05, 3.63) is 30.3 Å². The maximum Gasteiger partial charge on any atom is 0.257 e. The van der Waals surface area contributed by atoms with Gasteiger partial charge in [0.05, 0.1) is 6.10 Å². The fourth-order valence-corrected chi connectivity index (χ4v) is 2.39. The highest BCUT2D eigenvalue weighted by molar-refractivity contribution is 5.77. The minimum absolute atomic E-state index is 0.0207. The van der Waals surface area contributed by atoms with Gasteiger partial charge >= 0.3 is 0 Å². The van der Waals surface area contributed by atoms with Crippen molar-refractivity contribution in [1.82, 2.24) is 5.32 Å². The van der Waals surface area contributed by atoms with E-state index < -0.39 is 0 Å². The van der Waals surface area contributed by atoms with Gasteiger partial charge in [-0.15, -0.1) is 0 Å². The van der Waals surface area contributed by atoms with Crippen LogP contribution in [-0.2, 0) is 4.79 Å². The Bertz CT molecular complexity index is 394. The van der Waals surface area contributed by atoms with Crippen LogP contribution in [0.1, 0.15) is 25.7 Å². The lowest BCUT2D eigenvalue weighted by Gasteiger charge is -2.27. The van der Waals surface area contributed by atoms with Crippen LogP contribution in [-0.4, -0.2) is 30.3 Å². The molecule has 0 bridgehead atoms. The molecular formula is C15H21NO3. The molecule has 1 amide bonds. The first-order chi connectivity index (χ1) is 9.25. The summed E-state index contributed by atoms with van der Waals surface area (Å²) < 4.78 is 5.36. The number of para-hydroxylation sites is 1. The predicted molar refractivity (Wildman–Crippen MR) is 72.9 cm³/mol. The number of aliphatic hydroxyl groups excluding tert-OH is 1. The van der Waals surface area contributed by atoms with Crippen LogP contribution in [0.2, 0.25) is 0 Å². The second-order valence-electron chi connectivity index (χ2n) is 5.02. The fourth-order valence-electron chi connectivity index (χ4n) is 2.39. The predicted octanol–water partition coefficient (Wildman–Crippen LogP) is 1.73. The van der Waals surface area contributed by atoms with Gasteiger partial charge in [0.1, 0.15) is 5.75 Å². The van der Waals surface area contributed by atoms with Crippen molar-refractivity contribution in [3.8, 4) is 5.75 Å². The summed E-state index contributed by atoms with van der Waals surface area (Å²) >= 11 is 0. The normalized spacial score (nSPS) is 22.8. The molecule has 2 unspecified atom stereocenters. The Morgan fingerprint density at radius 2 is 2.00 bits per heavy atom. The molecule has 19 heavy (non-hydrogen) atoms. The number of hydrogen-bond donors (Lipinski definition) is 2. The molecule has 2 atom stereocenters. The Hall–Kier alpha value is -1.55. The summed E-state index contributed by atoms with van der Waals surface area (Å²) in [5.41, 5.74) is 0. The van der Waals surface area contributed by atoms with Crippen molar-refractivity contribution in [2.75, 3.05) is 13.2 Å². The minimum atomic E-state index is -0.274. The third-order valence-corrected chi connectivity index (χ3v) is 3.54. The molecule has 2 N–H and O–H groups in total. The van der Waals surface area contributed by atoms with Gasteiger partial charge in [0.25, 0.3) is 5.91 Å². The lowest BCUT2D eigenvalue weighted by Crippen LogP contribution is -2.38. The molecule has 1 aromatic rings. The van der Waals surface area contributed by atoms with E-state index in [4.69, 9.17) is 4.74 Å². The molecule has 4 nitrogen and oxygen atoms in total. The van der Waals surface area contributed by atoms with E-state index in [-0.39, 0.29) is 24.5 Å². The van der Waals surface area contributed by atoms with Gasteiger partial charge in [0.2, 0.25) is 0 Å². The molecular weight excluding hydrogens is 242 g/mol. The van der Waals surface area contributed by atoms with Crippen molar-refractivity contribution < 1.29 is 14.6 Å². The third-order valence-electron chi connectivity index (χ3n) is 3.54. The molecule has 1 aliphatic rings. The molecule has 104 valence electrons. The van der Waals surface area contributed by atoms with Crippen LogP contribution in [0.25, 0.3) is 0 Å². The second-order valence-corrected chi connectivity index (χ2v) is 5.02. The van der Waals surface area contributed by atoms with Crippen molar-refractivity contribution in [2.24, 2.45) is 5.92 Å². The van der Waals surface area contributed by atoms with E-state index in [0.717, 1.165) is 25.7 Å². The van der Waals surface area contributed by atoms with Gasteiger partial charge in [-0.25, -0.2) is 0 Å². The molecule has 0 radical (unpaired) electrons. The molecule has 0 aliphatic heterocycles. The molecule has 1 aromatic carbocycles. The molecule has 1 aliphatic carbocycles. The zero-order valence-corrected chi connectivity index (χ0v) is 11.0. The van der Waals surface area contributed by atoms with Crippen molar-refractivity contribution in [1.29, 1.82) is 0 Å². The maximum atomic E-state index is 11.6. The first kappa shape index (κ1) is 13.9. The van der Waals surface area contributed by atoms with E-state index in [1.807, 2.05) is 30.3 Å². The number of amides is 1. The zero-order chi connectivity index (χ0) is 13.5. The first-order valence-corrected chi connectivity index (χ1v) is 6.88. The van der Waals surface area contributed by atoms with E-state index in [9.17, 15) is 9.90 Å². The summed E-state index contributed by atoms with van der Waals surface area (Å²) in [6.45, 7) is 0.560. The molecule has 0 spiro atoms. The molecule has 0 saturated heterocycles. The molecule has 4 heteroatoms. The van der Waals surface area contributed by atoms with Gasteiger partial charge in [0.15, 0.2) is 6.61 Å². The standard InChI is InChI=1S/C15H21NO3/c17-14-9-5-4-6-12(14)10-16-15(18)11-19-13-7-2-1-3-8-13/h1-3,7-8,12,14,17H,4-6,9-11H2,(H,16,18). The highest BCUT2D eigenvalue weighted by Gasteiger charge is 2.23. The lowest BCUT2D eigenvalue weighted by atomic mass is 9.86. The van der Waals surface area contributed by atoms with E-state index in [0.29, 0.717) is 12.3 Å². The van der Waals surface area contributed by atoms with Crippen LogP contribution in [0.15, 0.2) is 30.3 Å². The quantitative estimate of drug-likeness (QED) is 0.850. The van der Waals surface area contributed by atoms with E-state index >= 15 is 0 Å². The van der Waals surface area contributed by atoms with Crippen LogP contribution in [0.4, 0.5) is 0 Å². The molecule has 2 rings (SSSR count). The van der Waals surface area contributed by atoms with Crippen molar-refractivity contribution in [3.63, 3.8) is 0 Å². The molecule has 0 heterocycles. The van der Waals surface area contributed by atoms with Crippen molar-refractivity contribution in [2.45, 2.75) is 31.8 Å². The maximum absolute atomic E-state index is 11.6. The number of carbonyl (C=O) groups excluding carboxylic acids is 1. The van der Waals surface area contributed by atoms with Gasteiger partial charge in [-0.1, -0.05) is 31.0 Å². The number of benzene rings is 1. The average molecular weight is 263 g/mol. The number of aliphatic hydroxyl groups is 1. The molecule has 1 fully saturated rings. The summed E-state index contributed by atoms with van der Waals surface area (Å²) in [4.78, 5) is 11.6. The highest BCUT2D eigenvalue weighted by atomic mass is 16.5. The highest BCUT2D eigenvalue weighted by Crippen LogP contribution is 2.23. The first-order valence-electron chi connectivity index (χ1n) is 6.88.